The minimum absolute atomic E-state index is 0.0800. The van der Waals surface area contributed by atoms with Crippen LogP contribution in [0, 0.1) is 0 Å². The molecule has 0 N–H and O–H groups in total. The fourth-order valence-electron chi connectivity index (χ4n) is 2.24. The molecule has 96 valence electrons. The molecule has 1 heterocycles. The molecule has 1 fully saturated rings. The number of esters is 2. The first-order valence-corrected chi connectivity index (χ1v) is 6.09. The molecular weight excluding hydrogens is 232 g/mol. The third kappa shape index (κ3) is 2.53. The van der Waals surface area contributed by atoms with E-state index in [0.29, 0.717) is 19.4 Å². The molecule has 4 nitrogen and oxygen atoms in total. The van der Waals surface area contributed by atoms with E-state index in [2.05, 4.69) is 0 Å². The van der Waals surface area contributed by atoms with Crippen LogP contribution < -0.4 is 0 Å². The van der Waals surface area contributed by atoms with Crippen molar-refractivity contribution in [3.63, 3.8) is 0 Å². The van der Waals surface area contributed by atoms with Crippen molar-refractivity contribution in [1.29, 1.82) is 0 Å². The zero-order chi connectivity index (χ0) is 13.0. The van der Waals surface area contributed by atoms with E-state index in [0.717, 1.165) is 5.56 Å². The van der Waals surface area contributed by atoms with Gasteiger partial charge in [-0.3, -0.25) is 9.59 Å². The lowest BCUT2D eigenvalue weighted by Crippen LogP contribution is -2.29. The highest BCUT2D eigenvalue weighted by molar-refractivity contribution is 5.76. The summed E-state index contributed by atoms with van der Waals surface area (Å²) in [6, 6.07) is 9.37. The normalized spacial score (nSPS) is 22.6. The highest BCUT2D eigenvalue weighted by atomic mass is 16.6. The number of carbonyl (C=O) groups is 2. The fraction of sp³-hybridized carbons (Fsp3) is 0.429. The molecule has 1 saturated heterocycles. The van der Waals surface area contributed by atoms with Gasteiger partial charge in [-0.25, -0.2) is 0 Å². The van der Waals surface area contributed by atoms with Gasteiger partial charge in [0.15, 0.2) is 0 Å². The van der Waals surface area contributed by atoms with Gasteiger partial charge in [0, 0.05) is 12.8 Å². The largest absolute Gasteiger partial charge is 0.466 e. The molecule has 0 saturated carbocycles. The average molecular weight is 248 g/mol. The Labute approximate surface area is 106 Å². The van der Waals surface area contributed by atoms with E-state index in [-0.39, 0.29) is 18.4 Å². The van der Waals surface area contributed by atoms with Crippen LogP contribution in [0.25, 0.3) is 0 Å². The summed E-state index contributed by atoms with van der Waals surface area (Å²) in [5.41, 5.74) is 0.00817. The summed E-state index contributed by atoms with van der Waals surface area (Å²) in [4.78, 5) is 23.1. The van der Waals surface area contributed by atoms with Crippen LogP contribution in [0.3, 0.4) is 0 Å². The Kier molecular flexibility index (Phi) is 3.65. The monoisotopic (exact) mass is 248 g/mol. The molecule has 0 aromatic heterocycles. The Morgan fingerprint density at radius 2 is 2.11 bits per heavy atom. The van der Waals surface area contributed by atoms with E-state index < -0.39 is 5.60 Å². The minimum Gasteiger partial charge on any atom is -0.466 e. The molecule has 0 spiro atoms. The molecule has 1 atom stereocenters. The first-order chi connectivity index (χ1) is 8.66. The first kappa shape index (κ1) is 12.6. The van der Waals surface area contributed by atoms with Crippen molar-refractivity contribution in [2.75, 3.05) is 6.61 Å². The molecule has 0 bridgehead atoms. The highest BCUT2D eigenvalue weighted by Crippen LogP contribution is 2.40. The summed E-state index contributed by atoms with van der Waals surface area (Å²) in [6.07, 6.45) is 0.944. The maximum atomic E-state index is 11.7. The van der Waals surface area contributed by atoms with E-state index in [1.165, 1.54) is 0 Å². The van der Waals surface area contributed by atoms with Gasteiger partial charge in [-0.1, -0.05) is 30.3 Å². The summed E-state index contributed by atoms with van der Waals surface area (Å²) in [5.74, 6) is -0.598. The van der Waals surface area contributed by atoms with Crippen molar-refractivity contribution in [2.45, 2.75) is 31.8 Å². The van der Waals surface area contributed by atoms with Gasteiger partial charge in [0.25, 0.3) is 0 Å². The molecule has 0 aliphatic carbocycles. The van der Waals surface area contributed by atoms with Crippen LogP contribution in [0.1, 0.15) is 31.7 Å². The van der Waals surface area contributed by atoms with Gasteiger partial charge in [0.2, 0.25) is 0 Å². The summed E-state index contributed by atoms with van der Waals surface area (Å²) in [5, 5.41) is 0. The predicted octanol–water partition coefficient (Wildman–Crippen LogP) is 2.17. The van der Waals surface area contributed by atoms with Crippen LogP contribution in [-0.2, 0) is 24.7 Å². The van der Waals surface area contributed by atoms with Crippen molar-refractivity contribution in [2.24, 2.45) is 0 Å². The van der Waals surface area contributed by atoms with Gasteiger partial charge < -0.3 is 9.47 Å². The van der Waals surface area contributed by atoms with E-state index in [4.69, 9.17) is 9.47 Å². The van der Waals surface area contributed by atoms with Crippen LogP contribution in [-0.4, -0.2) is 18.5 Å². The molecule has 1 aromatic rings. The van der Waals surface area contributed by atoms with Crippen molar-refractivity contribution in [1.82, 2.24) is 0 Å². The lowest BCUT2D eigenvalue weighted by atomic mass is 9.88. The van der Waals surface area contributed by atoms with E-state index in [9.17, 15) is 9.59 Å². The predicted molar refractivity (Wildman–Crippen MR) is 64.7 cm³/mol. The molecule has 1 unspecified atom stereocenters. The quantitative estimate of drug-likeness (QED) is 0.766. The van der Waals surface area contributed by atoms with Gasteiger partial charge >= 0.3 is 11.9 Å². The zero-order valence-electron chi connectivity index (χ0n) is 10.3. The number of hydrogen-bond donors (Lipinski definition) is 0. The standard InChI is InChI=1S/C14H16O4/c1-2-17-13(16)10-14(9-8-12(15)18-14)11-6-4-3-5-7-11/h3-7H,2,8-10H2,1H3. The number of hydrogen-bond acceptors (Lipinski definition) is 4. The number of carbonyl (C=O) groups excluding carboxylic acids is 2. The van der Waals surface area contributed by atoms with Crippen molar-refractivity contribution < 1.29 is 19.1 Å². The van der Waals surface area contributed by atoms with Gasteiger partial charge in [-0.15, -0.1) is 0 Å². The van der Waals surface area contributed by atoms with Crippen molar-refractivity contribution in [3.05, 3.63) is 35.9 Å². The second-order valence-corrected chi connectivity index (χ2v) is 4.32. The minimum atomic E-state index is -0.843. The fourth-order valence-corrected chi connectivity index (χ4v) is 2.24. The summed E-state index contributed by atoms with van der Waals surface area (Å²) >= 11 is 0. The second kappa shape index (κ2) is 5.21. The summed E-state index contributed by atoms with van der Waals surface area (Å²) in [7, 11) is 0. The van der Waals surface area contributed by atoms with Crippen LogP contribution in [0.2, 0.25) is 0 Å². The average Bonchev–Trinajstić information content (AvgIpc) is 2.73. The van der Waals surface area contributed by atoms with Crippen molar-refractivity contribution in [3.8, 4) is 0 Å². The van der Waals surface area contributed by atoms with Crippen LogP contribution in [0.5, 0.6) is 0 Å². The van der Waals surface area contributed by atoms with Gasteiger partial charge in [-0.05, 0) is 12.5 Å². The number of rotatable bonds is 4. The molecule has 18 heavy (non-hydrogen) atoms. The number of ether oxygens (including phenoxy) is 2. The lowest BCUT2D eigenvalue weighted by molar-refractivity contribution is -0.158. The smallest absolute Gasteiger partial charge is 0.310 e. The molecular formula is C14H16O4. The van der Waals surface area contributed by atoms with Gasteiger partial charge in [-0.2, -0.15) is 0 Å². The summed E-state index contributed by atoms with van der Waals surface area (Å²) in [6.45, 7) is 2.09. The molecule has 1 aliphatic rings. The molecule has 1 aromatic carbocycles. The molecule has 0 amide bonds. The second-order valence-electron chi connectivity index (χ2n) is 4.32. The topological polar surface area (TPSA) is 52.6 Å². The van der Waals surface area contributed by atoms with Crippen LogP contribution in [0.15, 0.2) is 30.3 Å². The molecule has 2 rings (SSSR count). The lowest BCUT2D eigenvalue weighted by Gasteiger charge is -2.27. The van der Waals surface area contributed by atoms with Gasteiger partial charge in [0.05, 0.1) is 13.0 Å². The third-order valence-corrected chi connectivity index (χ3v) is 3.08. The molecule has 4 heteroatoms. The third-order valence-electron chi connectivity index (χ3n) is 3.08. The molecule has 1 aliphatic heterocycles. The Hall–Kier alpha value is -1.84. The molecule has 0 radical (unpaired) electrons. The Morgan fingerprint density at radius 3 is 2.67 bits per heavy atom. The van der Waals surface area contributed by atoms with Crippen LogP contribution >= 0.6 is 0 Å². The Morgan fingerprint density at radius 1 is 1.39 bits per heavy atom. The Balaban J connectivity index is 2.25. The number of cyclic esters (lactones) is 1. The van der Waals surface area contributed by atoms with Crippen LogP contribution in [0.4, 0.5) is 0 Å². The maximum absolute atomic E-state index is 11.7. The van der Waals surface area contributed by atoms with E-state index in [1.807, 2.05) is 30.3 Å². The van der Waals surface area contributed by atoms with E-state index >= 15 is 0 Å². The SMILES string of the molecule is CCOC(=O)CC1(c2ccccc2)CCC(=O)O1. The number of benzene rings is 1. The highest BCUT2D eigenvalue weighted by Gasteiger charge is 2.44. The van der Waals surface area contributed by atoms with Crippen molar-refractivity contribution >= 4 is 11.9 Å². The zero-order valence-corrected chi connectivity index (χ0v) is 10.3. The van der Waals surface area contributed by atoms with E-state index in [1.54, 1.807) is 6.92 Å². The maximum Gasteiger partial charge on any atom is 0.310 e. The van der Waals surface area contributed by atoms with Gasteiger partial charge in [0.1, 0.15) is 5.60 Å². The first-order valence-electron chi connectivity index (χ1n) is 6.09. The Bertz CT molecular complexity index is 440. The summed E-state index contributed by atoms with van der Waals surface area (Å²) < 4.78 is 10.4.